The molecule has 0 bridgehead atoms. The van der Waals surface area contributed by atoms with Crippen LogP contribution in [-0.4, -0.2) is 37.2 Å². The lowest BCUT2D eigenvalue weighted by Gasteiger charge is -2.18. The number of unbranched alkanes of at least 4 members (excludes halogenated alkanes) is 30. The molecule has 0 radical (unpaired) electrons. The average molecular weight is 821 g/mol. The minimum Gasteiger partial charge on any atom is -0.462 e. The quantitative estimate of drug-likeness (QED) is 0.0346. The first-order valence-corrected chi connectivity index (χ1v) is 25.8. The molecule has 0 heterocycles. The minimum absolute atomic E-state index is 0.0648. The van der Waals surface area contributed by atoms with Gasteiger partial charge in [-0.3, -0.25) is 14.4 Å². The molecule has 0 fully saturated rings. The van der Waals surface area contributed by atoms with Crippen molar-refractivity contribution in [3.8, 4) is 0 Å². The Hall–Kier alpha value is -1.59. The molecule has 0 aromatic heterocycles. The molecule has 58 heavy (non-hydrogen) atoms. The molecule has 6 heteroatoms. The summed E-state index contributed by atoms with van der Waals surface area (Å²) in [6.07, 6.45) is 45.2. The van der Waals surface area contributed by atoms with Crippen LogP contribution in [0.3, 0.4) is 0 Å². The number of esters is 3. The normalized spacial score (nSPS) is 12.5. The van der Waals surface area contributed by atoms with E-state index in [0.29, 0.717) is 19.3 Å². The van der Waals surface area contributed by atoms with Crippen LogP contribution in [0.25, 0.3) is 0 Å². The summed E-state index contributed by atoms with van der Waals surface area (Å²) in [7, 11) is 0. The molecule has 344 valence electrons. The predicted octanol–water partition coefficient (Wildman–Crippen LogP) is 16.5. The van der Waals surface area contributed by atoms with Gasteiger partial charge in [0.2, 0.25) is 0 Å². The standard InChI is InChI=1S/C52H100O6/c1-6-8-9-10-11-12-13-14-15-16-17-18-19-24-27-34-39-44-52(55)58-49(46-57-51(54)43-38-33-29-28-31-36-41-48(5)7-2)45-56-50(53)42-37-32-26-23-21-20-22-25-30-35-40-47(3)4/h47-49H,6-46H2,1-5H3/t48?,49-/m1/s1. The predicted molar refractivity (Wildman–Crippen MR) is 247 cm³/mol. The minimum atomic E-state index is -0.762. The molecule has 0 aromatic carbocycles. The molecule has 0 rings (SSSR count). The molecular weight excluding hydrogens is 721 g/mol. The highest BCUT2D eigenvalue weighted by atomic mass is 16.6. The summed E-state index contributed by atoms with van der Waals surface area (Å²) in [5, 5.41) is 0. The Bertz CT molecular complexity index is 887. The summed E-state index contributed by atoms with van der Waals surface area (Å²) >= 11 is 0. The molecule has 0 aromatic rings. The van der Waals surface area contributed by atoms with E-state index < -0.39 is 6.10 Å². The first-order chi connectivity index (χ1) is 28.3. The zero-order valence-corrected chi connectivity index (χ0v) is 39.7. The van der Waals surface area contributed by atoms with Gasteiger partial charge in [0.15, 0.2) is 6.10 Å². The number of hydrogen-bond acceptors (Lipinski definition) is 6. The Morgan fingerprint density at radius 3 is 0.983 bits per heavy atom. The molecule has 0 saturated heterocycles. The average Bonchev–Trinajstić information content (AvgIpc) is 3.21. The van der Waals surface area contributed by atoms with Crippen LogP contribution in [0.15, 0.2) is 0 Å². The summed E-state index contributed by atoms with van der Waals surface area (Å²) in [4.78, 5) is 37.9. The largest absolute Gasteiger partial charge is 0.462 e. The maximum Gasteiger partial charge on any atom is 0.306 e. The van der Waals surface area contributed by atoms with Gasteiger partial charge in [0.05, 0.1) is 0 Å². The van der Waals surface area contributed by atoms with Crippen molar-refractivity contribution in [3.63, 3.8) is 0 Å². The molecular formula is C52H100O6. The van der Waals surface area contributed by atoms with Crippen molar-refractivity contribution in [2.45, 2.75) is 291 Å². The SMILES string of the molecule is CCCCCCCCCCCCCCCCCCCC(=O)O[C@H](COC(=O)CCCCCCCCCCCCC(C)C)COC(=O)CCCCCCCCC(C)CC. The van der Waals surface area contributed by atoms with E-state index in [1.807, 2.05) is 0 Å². The molecule has 1 unspecified atom stereocenters. The van der Waals surface area contributed by atoms with E-state index in [2.05, 4.69) is 34.6 Å². The van der Waals surface area contributed by atoms with Crippen molar-refractivity contribution in [1.82, 2.24) is 0 Å². The van der Waals surface area contributed by atoms with Gasteiger partial charge in [-0.05, 0) is 31.1 Å². The van der Waals surface area contributed by atoms with E-state index in [9.17, 15) is 14.4 Å². The Morgan fingerprint density at radius 1 is 0.362 bits per heavy atom. The fourth-order valence-electron chi connectivity index (χ4n) is 7.78. The lowest BCUT2D eigenvalue weighted by molar-refractivity contribution is -0.167. The number of ether oxygens (including phenoxy) is 3. The molecule has 2 atom stereocenters. The Morgan fingerprint density at radius 2 is 0.655 bits per heavy atom. The van der Waals surface area contributed by atoms with Crippen LogP contribution >= 0.6 is 0 Å². The molecule has 0 spiro atoms. The Balaban J connectivity index is 4.29. The smallest absolute Gasteiger partial charge is 0.306 e. The monoisotopic (exact) mass is 821 g/mol. The lowest BCUT2D eigenvalue weighted by Crippen LogP contribution is -2.30. The summed E-state index contributed by atoms with van der Waals surface area (Å²) in [5.41, 5.74) is 0. The van der Waals surface area contributed by atoms with Crippen LogP contribution < -0.4 is 0 Å². The molecule has 0 amide bonds. The first-order valence-electron chi connectivity index (χ1n) is 25.8. The van der Waals surface area contributed by atoms with Gasteiger partial charge in [0.1, 0.15) is 13.2 Å². The lowest BCUT2D eigenvalue weighted by atomic mass is 10.00. The van der Waals surface area contributed by atoms with Crippen molar-refractivity contribution in [1.29, 1.82) is 0 Å². The molecule has 0 aliphatic heterocycles. The summed E-state index contributed by atoms with van der Waals surface area (Å²) < 4.78 is 16.8. The Labute approximate surface area is 361 Å². The Kier molecular flexibility index (Phi) is 43.7. The van der Waals surface area contributed by atoms with Crippen LogP contribution in [0.5, 0.6) is 0 Å². The molecule has 0 aliphatic carbocycles. The van der Waals surface area contributed by atoms with Crippen molar-refractivity contribution in [2.24, 2.45) is 11.8 Å². The zero-order chi connectivity index (χ0) is 42.6. The van der Waals surface area contributed by atoms with Gasteiger partial charge in [-0.1, -0.05) is 247 Å². The number of carbonyl (C=O) groups is 3. The van der Waals surface area contributed by atoms with E-state index in [1.165, 1.54) is 173 Å². The van der Waals surface area contributed by atoms with Gasteiger partial charge in [-0.15, -0.1) is 0 Å². The summed E-state index contributed by atoms with van der Waals surface area (Å²) in [5.74, 6) is 0.780. The van der Waals surface area contributed by atoms with Crippen molar-refractivity contribution < 1.29 is 28.6 Å². The second kappa shape index (κ2) is 44.9. The van der Waals surface area contributed by atoms with E-state index in [0.717, 1.165) is 69.6 Å². The maximum atomic E-state index is 12.8. The fourth-order valence-corrected chi connectivity index (χ4v) is 7.78. The third-order valence-electron chi connectivity index (χ3n) is 12.1. The van der Waals surface area contributed by atoms with Crippen LogP contribution in [0.4, 0.5) is 0 Å². The second-order valence-corrected chi connectivity index (χ2v) is 18.5. The molecule has 0 N–H and O–H groups in total. The number of carbonyl (C=O) groups excluding carboxylic acids is 3. The van der Waals surface area contributed by atoms with E-state index in [4.69, 9.17) is 14.2 Å². The fraction of sp³-hybridized carbons (Fsp3) is 0.942. The van der Waals surface area contributed by atoms with Crippen LogP contribution in [0.2, 0.25) is 0 Å². The number of rotatable bonds is 46. The maximum absolute atomic E-state index is 12.8. The van der Waals surface area contributed by atoms with Gasteiger partial charge >= 0.3 is 17.9 Å². The highest BCUT2D eigenvalue weighted by Crippen LogP contribution is 2.18. The van der Waals surface area contributed by atoms with Crippen LogP contribution in [0.1, 0.15) is 285 Å². The van der Waals surface area contributed by atoms with Gasteiger partial charge in [0.25, 0.3) is 0 Å². The highest BCUT2D eigenvalue weighted by Gasteiger charge is 2.19. The van der Waals surface area contributed by atoms with Crippen molar-refractivity contribution in [2.75, 3.05) is 13.2 Å². The van der Waals surface area contributed by atoms with Crippen LogP contribution in [0, 0.1) is 11.8 Å². The topological polar surface area (TPSA) is 78.9 Å². The van der Waals surface area contributed by atoms with Crippen molar-refractivity contribution in [3.05, 3.63) is 0 Å². The first kappa shape index (κ1) is 56.4. The number of hydrogen-bond donors (Lipinski definition) is 0. The van der Waals surface area contributed by atoms with E-state index in [-0.39, 0.29) is 31.1 Å². The van der Waals surface area contributed by atoms with E-state index >= 15 is 0 Å². The zero-order valence-electron chi connectivity index (χ0n) is 39.7. The summed E-state index contributed by atoms with van der Waals surface area (Å²) in [6, 6.07) is 0. The summed E-state index contributed by atoms with van der Waals surface area (Å²) in [6.45, 7) is 11.3. The highest BCUT2D eigenvalue weighted by molar-refractivity contribution is 5.71. The third kappa shape index (κ3) is 44.0. The van der Waals surface area contributed by atoms with Gasteiger partial charge in [-0.2, -0.15) is 0 Å². The van der Waals surface area contributed by atoms with Gasteiger partial charge in [0, 0.05) is 19.3 Å². The molecule has 6 nitrogen and oxygen atoms in total. The van der Waals surface area contributed by atoms with Crippen LogP contribution in [-0.2, 0) is 28.6 Å². The van der Waals surface area contributed by atoms with E-state index in [1.54, 1.807) is 0 Å². The van der Waals surface area contributed by atoms with Gasteiger partial charge < -0.3 is 14.2 Å². The molecule has 0 saturated carbocycles. The van der Waals surface area contributed by atoms with Crippen molar-refractivity contribution >= 4 is 17.9 Å². The van der Waals surface area contributed by atoms with Gasteiger partial charge in [-0.25, -0.2) is 0 Å². The third-order valence-corrected chi connectivity index (χ3v) is 12.1. The second-order valence-electron chi connectivity index (χ2n) is 18.5. The molecule has 0 aliphatic rings.